The summed E-state index contributed by atoms with van der Waals surface area (Å²) in [5.41, 5.74) is 0.882. The Balaban J connectivity index is 1.77. The van der Waals surface area contributed by atoms with Crippen molar-refractivity contribution in [1.29, 1.82) is 0 Å². The summed E-state index contributed by atoms with van der Waals surface area (Å²) in [7, 11) is -2.99. The standard InChI is InChI=1S/C10H16N4O3S/c15-10(12-4-8-5-13-14-6-8)3-9-7-18(16,17)2-1-11-9/h5-6,9,11H,1-4,7H2,(H,12,15)(H,13,14). The van der Waals surface area contributed by atoms with E-state index < -0.39 is 9.84 Å². The monoisotopic (exact) mass is 272 g/mol. The Morgan fingerprint density at radius 3 is 3.06 bits per heavy atom. The maximum Gasteiger partial charge on any atom is 0.221 e. The lowest BCUT2D eigenvalue weighted by molar-refractivity contribution is -0.121. The molecule has 0 spiro atoms. The predicted molar refractivity (Wildman–Crippen MR) is 65.5 cm³/mol. The van der Waals surface area contributed by atoms with Gasteiger partial charge in [0.2, 0.25) is 5.91 Å². The lowest BCUT2D eigenvalue weighted by Gasteiger charge is -2.23. The van der Waals surface area contributed by atoms with E-state index in [1.807, 2.05) is 0 Å². The van der Waals surface area contributed by atoms with Crippen LogP contribution in [0.3, 0.4) is 0 Å². The van der Waals surface area contributed by atoms with E-state index >= 15 is 0 Å². The van der Waals surface area contributed by atoms with Crippen LogP contribution >= 0.6 is 0 Å². The molecule has 2 rings (SSSR count). The first-order valence-corrected chi connectivity index (χ1v) is 7.55. The molecule has 1 fully saturated rings. The Morgan fingerprint density at radius 1 is 1.56 bits per heavy atom. The van der Waals surface area contributed by atoms with Gasteiger partial charge >= 0.3 is 0 Å². The van der Waals surface area contributed by atoms with Gasteiger partial charge in [0.1, 0.15) is 0 Å². The molecule has 0 radical (unpaired) electrons. The van der Waals surface area contributed by atoms with E-state index in [0.717, 1.165) is 5.56 Å². The van der Waals surface area contributed by atoms with Gasteiger partial charge in [-0.05, 0) is 0 Å². The highest BCUT2D eigenvalue weighted by atomic mass is 32.2. The fourth-order valence-corrected chi connectivity index (χ4v) is 3.31. The maximum absolute atomic E-state index is 11.6. The summed E-state index contributed by atoms with van der Waals surface area (Å²) in [5.74, 6) is 0.0255. The molecule has 1 aliphatic heterocycles. The zero-order chi connectivity index (χ0) is 13.0. The predicted octanol–water partition coefficient (Wildman–Crippen LogP) is -1.20. The van der Waals surface area contributed by atoms with Crippen LogP contribution in [-0.2, 0) is 21.2 Å². The van der Waals surface area contributed by atoms with E-state index in [4.69, 9.17) is 0 Å². The van der Waals surface area contributed by atoms with Crippen molar-refractivity contribution in [1.82, 2.24) is 20.8 Å². The quantitative estimate of drug-likeness (QED) is 0.639. The van der Waals surface area contributed by atoms with Crippen molar-refractivity contribution in [3.05, 3.63) is 18.0 Å². The summed E-state index contributed by atoms with van der Waals surface area (Å²) in [6, 6.07) is -0.284. The minimum atomic E-state index is -2.99. The van der Waals surface area contributed by atoms with Gasteiger partial charge in [-0.15, -0.1) is 0 Å². The fourth-order valence-electron chi connectivity index (χ4n) is 1.87. The number of H-pyrrole nitrogens is 1. The summed E-state index contributed by atoms with van der Waals surface area (Å²) >= 11 is 0. The summed E-state index contributed by atoms with van der Waals surface area (Å²) in [5, 5.41) is 12.2. The smallest absolute Gasteiger partial charge is 0.221 e. The molecule has 0 bridgehead atoms. The number of amides is 1. The number of hydrogen-bond acceptors (Lipinski definition) is 5. The zero-order valence-electron chi connectivity index (χ0n) is 9.85. The molecule has 1 unspecified atom stereocenters. The lowest BCUT2D eigenvalue weighted by Crippen LogP contribution is -2.47. The number of aromatic nitrogens is 2. The summed E-state index contributed by atoms with van der Waals surface area (Å²) in [6.45, 7) is 0.816. The van der Waals surface area contributed by atoms with Crippen LogP contribution in [0, 0.1) is 0 Å². The first kappa shape index (κ1) is 13.0. The molecule has 1 amide bonds. The van der Waals surface area contributed by atoms with Crippen LogP contribution in [-0.4, -0.2) is 48.6 Å². The zero-order valence-corrected chi connectivity index (χ0v) is 10.7. The number of rotatable bonds is 4. The number of nitrogens with one attached hydrogen (secondary N) is 3. The molecular weight excluding hydrogens is 256 g/mol. The molecule has 0 aliphatic carbocycles. The van der Waals surface area contributed by atoms with Crippen molar-refractivity contribution in [3.63, 3.8) is 0 Å². The molecule has 1 aliphatic rings. The number of hydrogen-bond donors (Lipinski definition) is 3. The van der Waals surface area contributed by atoms with Crippen molar-refractivity contribution in [3.8, 4) is 0 Å². The summed E-state index contributed by atoms with van der Waals surface area (Å²) < 4.78 is 22.8. The minimum absolute atomic E-state index is 0.0339. The number of aromatic amines is 1. The summed E-state index contributed by atoms with van der Waals surface area (Å²) in [6.07, 6.45) is 3.50. The molecule has 1 saturated heterocycles. The van der Waals surface area contributed by atoms with Crippen molar-refractivity contribution in [2.24, 2.45) is 0 Å². The Kier molecular flexibility index (Phi) is 3.97. The molecule has 2 heterocycles. The maximum atomic E-state index is 11.6. The Bertz CT molecular complexity index is 497. The Morgan fingerprint density at radius 2 is 2.39 bits per heavy atom. The van der Waals surface area contributed by atoms with Gasteiger partial charge in [-0.3, -0.25) is 9.89 Å². The van der Waals surface area contributed by atoms with Crippen LogP contribution in [0.2, 0.25) is 0 Å². The molecule has 3 N–H and O–H groups in total. The number of carbonyl (C=O) groups excluding carboxylic acids is 1. The average Bonchev–Trinajstić information content (AvgIpc) is 2.77. The molecule has 1 atom stereocenters. The second-order valence-corrected chi connectivity index (χ2v) is 6.58. The normalized spacial score (nSPS) is 22.6. The van der Waals surface area contributed by atoms with Gasteiger partial charge in [0.15, 0.2) is 9.84 Å². The van der Waals surface area contributed by atoms with Gasteiger partial charge < -0.3 is 10.6 Å². The fraction of sp³-hybridized carbons (Fsp3) is 0.600. The van der Waals surface area contributed by atoms with Crippen LogP contribution < -0.4 is 10.6 Å². The van der Waals surface area contributed by atoms with Crippen molar-refractivity contribution in [2.75, 3.05) is 18.1 Å². The molecule has 8 heteroatoms. The van der Waals surface area contributed by atoms with Gasteiger partial charge in [-0.1, -0.05) is 0 Å². The van der Waals surface area contributed by atoms with Gasteiger partial charge in [-0.2, -0.15) is 5.10 Å². The van der Waals surface area contributed by atoms with E-state index in [9.17, 15) is 13.2 Å². The van der Waals surface area contributed by atoms with Crippen molar-refractivity contribution < 1.29 is 13.2 Å². The van der Waals surface area contributed by atoms with Crippen LogP contribution in [0.5, 0.6) is 0 Å². The van der Waals surface area contributed by atoms with Gasteiger partial charge in [0, 0.05) is 37.3 Å². The molecule has 100 valence electrons. The third kappa shape index (κ3) is 3.81. The van der Waals surface area contributed by atoms with Gasteiger partial charge in [0.25, 0.3) is 0 Å². The minimum Gasteiger partial charge on any atom is -0.352 e. The summed E-state index contributed by atoms with van der Waals surface area (Å²) in [4.78, 5) is 11.6. The van der Waals surface area contributed by atoms with Crippen LogP contribution in [0.25, 0.3) is 0 Å². The molecule has 1 aromatic rings. The lowest BCUT2D eigenvalue weighted by atomic mass is 10.2. The topological polar surface area (TPSA) is 104 Å². The van der Waals surface area contributed by atoms with E-state index in [2.05, 4.69) is 20.8 Å². The SMILES string of the molecule is O=C(CC1CS(=O)(=O)CCN1)NCc1cn[nH]c1. The van der Waals surface area contributed by atoms with Crippen molar-refractivity contribution in [2.45, 2.75) is 19.0 Å². The second-order valence-electron chi connectivity index (χ2n) is 4.35. The third-order valence-electron chi connectivity index (χ3n) is 2.78. The highest BCUT2D eigenvalue weighted by molar-refractivity contribution is 7.91. The van der Waals surface area contributed by atoms with Crippen LogP contribution in [0.4, 0.5) is 0 Å². The number of nitrogens with zero attached hydrogens (tertiary/aromatic N) is 1. The molecule has 1 aromatic heterocycles. The average molecular weight is 272 g/mol. The largest absolute Gasteiger partial charge is 0.352 e. The van der Waals surface area contributed by atoms with E-state index in [1.54, 1.807) is 12.4 Å². The van der Waals surface area contributed by atoms with Crippen molar-refractivity contribution >= 4 is 15.7 Å². The Hall–Kier alpha value is -1.41. The first-order chi connectivity index (χ1) is 8.55. The van der Waals surface area contributed by atoms with E-state index in [-0.39, 0.29) is 29.9 Å². The van der Waals surface area contributed by atoms with Crippen LogP contribution in [0.1, 0.15) is 12.0 Å². The Labute approximate surface area is 105 Å². The van der Waals surface area contributed by atoms with E-state index in [1.165, 1.54) is 0 Å². The molecule has 0 saturated carbocycles. The number of sulfone groups is 1. The van der Waals surface area contributed by atoms with Gasteiger partial charge in [0.05, 0.1) is 17.7 Å². The van der Waals surface area contributed by atoms with Crippen LogP contribution in [0.15, 0.2) is 12.4 Å². The van der Waals surface area contributed by atoms with Gasteiger partial charge in [-0.25, -0.2) is 8.42 Å². The highest BCUT2D eigenvalue weighted by Gasteiger charge is 2.25. The molecule has 18 heavy (non-hydrogen) atoms. The molecular formula is C10H16N4O3S. The van der Waals surface area contributed by atoms with E-state index in [0.29, 0.717) is 13.1 Å². The molecule has 7 nitrogen and oxygen atoms in total. The molecule has 0 aromatic carbocycles. The third-order valence-corrected chi connectivity index (χ3v) is 4.51. The highest BCUT2D eigenvalue weighted by Crippen LogP contribution is 2.05. The number of carbonyl (C=O) groups is 1. The second kappa shape index (κ2) is 5.49. The first-order valence-electron chi connectivity index (χ1n) is 5.73.